The molecule has 0 N–H and O–H groups in total. The monoisotopic (exact) mass is 256 g/mol. The number of hydrogen-bond donors (Lipinski definition) is 0. The predicted octanol–water partition coefficient (Wildman–Crippen LogP) is 3.14. The Morgan fingerprint density at radius 1 is 1.05 bits per heavy atom. The van der Waals surface area contributed by atoms with E-state index >= 15 is 0 Å². The van der Waals surface area contributed by atoms with Crippen LogP contribution in [0.5, 0.6) is 0 Å². The fourth-order valence-corrected chi connectivity index (χ4v) is 2.90. The van der Waals surface area contributed by atoms with Crippen LogP contribution in [0.15, 0.2) is 29.8 Å². The minimum absolute atomic E-state index is 0.321. The Bertz CT molecular complexity index is 606. The molecule has 1 aliphatic carbocycles. The van der Waals surface area contributed by atoms with Crippen LogP contribution in [0.4, 0.5) is 0 Å². The quantitative estimate of drug-likeness (QED) is 0.763. The molecular formula is C16H16O3. The maximum atomic E-state index is 12.2. The zero-order valence-electron chi connectivity index (χ0n) is 11.2. The summed E-state index contributed by atoms with van der Waals surface area (Å²) in [5.41, 5.74) is 1.48. The van der Waals surface area contributed by atoms with E-state index in [2.05, 4.69) is 13.8 Å². The van der Waals surface area contributed by atoms with E-state index in [1.807, 2.05) is 12.1 Å². The SMILES string of the molecule is CCC1(CC)CC2=C(O1)c1ccccc1C(=O)C2=O. The highest BCUT2D eigenvalue weighted by Gasteiger charge is 2.45. The van der Waals surface area contributed by atoms with E-state index in [0.717, 1.165) is 18.4 Å². The first-order valence-corrected chi connectivity index (χ1v) is 6.72. The van der Waals surface area contributed by atoms with Crippen molar-refractivity contribution >= 4 is 17.3 Å². The summed E-state index contributed by atoms with van der Waals surface area (Å²) in [5.74, 6) is -0.165. The first-order valence-electron chi connectivity index (χ1n) is 6.72. The summed E-state index contributed by atoms with van der Waals surface area (Å²) < 4.78 is 6.10. The Hall–Kier alpha value is -1.90. The fourth-order valence-electron chi connectivity index (χ4n) is 2.90. The molecule has 98 valence electrons. The molecule has 1 aliphatic heterocycles. The smallest absolute Gasteiger partial charge is 0.234 e. The lowest BCUT2D eigenvalue weighted by atomic mass is 9.84. The van der Waals surface area contributed by atoms with Crippen LogP contribution in [0.25, 0.3) is 5.76 Å². The number of Topliss-reactive ketones (excluding diaryl/α,β-unsaturated/α-hetero) is 2. The normalized spacial score (nSPS) is 20.1. The molecule has 1 heterocycles. The van der Waals surface area contributed by atoms with Gasteiger partial charge in [-0.1, -0.05) is 38.1 Å². The van der Waals surface area contributed by atoms with Gasteiger partial charge in [0.2, 0.25) is 11.6 Å². The van der Waals surface area contributed by atoms with Crippen molar-refractivity contribution in [1.29, 1.82) is 0 Å². The maximum Gasteiger partial charge on any atom is 0.234 e. The lowest BCUT2D eigenvalue weighted by molar-refractivity contribution is -0.112. The molecule has 0 radical (unpaired) electrons. The van der Waals surface area contributed by atoms with E-state index in [9.17, 15) is 9.59 Å². The van der Waals surface area contributed by atoms with Gasteiger partial charge in [0.25, 0.3) is 0 Å². The topological polar surface area (TPSA) is 43.4 Å². The molecule has 0 saturated carbocycles. The summed E-state index contributed by atoms with van der Waals surface area (Å²) in [6.07, 6.45) is 2.22. The Kier molecular flexibility index (Phi) is 2.59. The summed E-state index contributed by atoms with van der Waals surface area (Å²) in [6.45, 7) is 4.11. The molecule has 0 aromatic heterocycles. The molecule has 1 aromatic rings. The van der Waals surface area contributed by atoms with Gasteiger partial charge in [-0.3, -0.25) is 9.59 Å². The lowest BCUT2D eigenvalue weighted by Crippen LogP contribution is -2.27. The van der Waals surface area contributed by atoms with Crippen LogP contribution in [0.1, 0.15) is 49.0 Å². The summed E-state index contributed by atoms with van der Waals surface area (Å²) in [6, 6.07) is 7.20. The Morgan fingerprint density at radius 3 is 2.32 bits per heavy atom. The second kappa shape index (κ2) is 4.05. The summed E-state index contributed by atoms with van der Waals surface area (Å²) in [5, 5.41) is 0. The van der Waals surface area contributed by atoms with E-state index < -0.39 is 11.6 Å². The van der Waals surface area contributed by atoms with Crippen LogP contribution in [-0.4, -0.2) is 17.2 Å². The number of ketones is 2. The van der Waals surface area contributed by atoms with E-state index in [0.29, 0.717) is 23.3 Å². The summed E-state index contributed by atoms with van der Waals surface area (Å²) in [7, 11) is 0. The molecule has 0 bridgehead atoms. The molecule has 3 heteroatoms. The van der Waals surface area contributed by atoms with E-state index in [-0.39, 0.29) is 5.60 Å². The van der Waals surface area contributed by atoms with Crippen LogP contribution in [0, 0.1) is 0 Å². The first kappa shape index (κ1) is 12.2. The lowest BCUT2D eigenvalue weighted by Gasteiger charge is -2.27. The van der Waals surface area contributed by atoms with E-state index in [1.54, 1.807) is 12.1 Å². The van der Waals surface area contributed by atoms with Crippen molar-refractivity contribution in [2.24, 2.45) is 0 Å². The third-order valence-corrected chi connectivity index (χ3v) is 4.28. The van der Waals surface area contributed by atoms with Crippen molar-refractivity contribution in [2.45, 2.75) is 38.7 Å². The number of carbonyl (C=O) groups excluding carboxylic acids is 2. The second-order valence-electron chi connectivity index (χ2n) is 5.18. The number of rotatable bonds is 2. The van der Waals surface area contributed by atoms with Crippen molar-refractivity contribution in [3.63, 3.8) is 0 Å². The van der Waals surface area contributed by atoms with Gasteiger partial charge in [-0.15, -0.1) is 0 Å². The zero-order chi connectivity index (χ0) is 13.6. The fraction of sp³-hybridized carbons (Fsp3) is 0.375. The van der Waals surface area contributed by atoms with Crippen LogP contribution in [0.3, 0.4) is 0 Å². The molecule has 3 rings (SSSR count). The number of fused-ring (bicyclic) bond motifs is 2. The molecule has 0 unspecified atom stereocenters. The minimum Gasteiger partial charge on any atom is -0.486 e. The van der Waals surface area contributed by atoms with E-state index in [1.165, 1.54) is 0 Å². The van der Waals surface area contributed by atoms with Gasteiger partial charge < -0.3 is 4.74 Å². The standard InChI is InChI=1S/C16H16O3/c1-3-16(4-2)9-12-14(18)13(17)10-7-5-6-8-11(10)15(12)19-16/h5-8H,3-4,9H2,1-2H3. The van der Waals surface area contributed by atoms with Crippen molar-refractivity contribution in [3.8, 4) is 0 Å². The third-order valence-electron chi connectivity index (χ3n) is 4.28. The average Bonchev–Trinajstić information content (AvgIpc) is 2.86. The third kappa shape index (κ3) is 1.57. The van der Waals surface area contributed by atoms with E-state index in [4.69, 9.17) is 4.74 Å². The molecule has 1 aromatic carbocycles. The van der Waals surface area contributed by atoms with Gasteiger partial charge >= 0.3 is 0 Å². The Balaban J connectivity index is 2.15. The van der Waals surface area contributed by atoms with Gasteiger partial charge in [0.1, 0.15) is 11.4 Å². The van der Waals surface area contributed by atoms with Gasteiger partial charge in [-0.05, 0) is 12.8 Å². The van der Waals surface area contributed by atoms with Gasteiger partial charge in [0.15, 0.2) is 0 Å². The highest BCUT2D eigenvalue weighted by molar-refractivity contribution is 6.52. The molecule has 0 amide bonds. The molecule has 0 saturated heterocycles. The van der Waals surface area contributed by atoms with Crippen LogP contribution in [0.2, 0.25) is 0 Å². The summed E-state index contributed by atoms with van der Waals surface area (Å²) in [4.78, 5) is 24.3. The first-order chi connectivity index (χ1) is 9.12. The molecular weight excluding hydrogens is 240 g/mol. The summed E-state index contributed by atoms with van der Waals surface area (Å²) >= 11 is 0. The van der Waals surface area contributed by atoms with Crippen molar-refractivity contribution in [3.05, 3.63) is 41.0 Å². The Labute approximate surface area is 112 Å². The number of benzene rings is 1. The zero-order valence-corrected chi connectivity index (χ0v) is 11.2. The maximum absolute atomic E-state index is 12.2. The van der Waals surface area contributed by atoms with Gasteiger partial charge in [0.05, 0.1) is 5.57 Å². The Morgan fingerprint density at radius 2 is 1.68 bits per heavy atom. The molecule has 0 fully saturated rings. The molecule has 0 atom stereocenters. The average molecular weight is 256 g/mol. The second-order valence-corrected chi connectivity index (χ2v) is 5.18. The highest BCUT2D eigenvalue weighted by Crippen LogP contribution is 2.46. The number of hydrogen-bond acceptors (Lipinski definition) is 3. The number of ether oxygens (including phenoxy) is 1. The molecule has 19 heavy (non-hydrogen) atoms. The predicted molar refractivity (Wildman–Crippen MR) is 71.7 cm³/mol. The largest absolute Gasteiger partial charge is 0.486 e. The van der Waals surface area contributed by atoms with Crippen molar-refractivity contribution in [1.82, 2.24) is 0 Å². The molecule has 0 spiro atoms. The van der Waals surface area contributed by atoms with Crippen LogP contribution < -0.4 is 0 Å². The number of carbonyl (C=O) groups is 2. The van der Waals surface area contributed by atoms with Gasteiger partial charge in [-0.2, -0.15) is 0 Å². The van der Waals surface area contributed by atoms with Crippen molar-refractivity contribution in [2.75, 3.05) is 0 Å². The van der Waals surface area contributed by atoms with Crippen molar-refractivity contribution < 1.29 is 14.3 Å². The van der Waals surface area contributed by atoms with Gasteiger partial charge in [0, 0.05) is 17.5 Å². The minimum atomic E-state index is -0.402. The molecule has 2 aliphatic rings. The molecule has 3 nitrogen and oxygen atoms in total. The van der Waals surface area contributed by atoms with Crippen LogP contribution in [-0.2, 0) is 9.53 Å². The highest BCUT2D eigenvalue weighted by atomic mass is 16.5. The van der Waals surface area contributed by atoms with Gasteiger partial charge in [-0.25, -0.2) is 0 Å². The van der Waals surface area contributed by atoms with Crippen LogP contribution >= 0.6 is 0 Å².